The number of hydrogen-bond donors (Lipinski definition) is 1. The smallest absolute Gasteiger partial charge is 0.323 e. The molecule has 116 valence electrons. The number of hydrogen-bond acceptors (Lipinski definition) is 3. The van der Waals surface area contributed by atoms with Crippen LogP contribution in [0.4, 0.5) is 0 Å². The lowest BCUT2D eigenvalue weighted by Crippen LogP contribution is -2.36. The van der Waals surface area contributed by atoms with Crippen LogP contribution < -0.4 is 0 Å². The van der Waals surface area contributed by atoms with Crippen LogP contribution in [0.25, 0.3) is 0 Å². The van der Waals surface area contributed by atoms with Crippen molar-refractivity contribution < 1.29 is 14.7 Å². The van der Waals surface area contributed by atoms with Crippen LogP contribution in [0, 0.1) is 0 Å². The summed E-state index contributed by atoms with van der Waals surface area (Å²) in [5.74, 6) is -1.32. The van der Waals surface area contributed by atoms with Gasteiger partial charge in [-0.05, 0) is 12.0 Å². The van der Waals surface area contributed by atoms with Crippen LogP contribution in [0.2, 0.25) is 0 Å². The first-order valence-corrected chi connectivity index (χ1v) is 7.17. The molecule has 0 aliphatic carbocycles. The zero-order valence-corrected chi connectivity index (χ0v) is 12.5. The minimum absolute atomic E-state index is 0.295. The van der Waals surface area contributed by atoms with Crippen molar-refractivity contribution in [3.05, 3.63) is 53.9 Å². The van der Waals surface area contributed by atoms with E-state index in [0.717, 1.165) is 5.56 Å². The second-order valence-corrected chi connectivity index (χ2v) is 5.03. The number of carboxylic acids is 1. The largest absolute Gasteiger partial charge is 0.480 e. The Balaban J connectivity index is 2.08. The van der Waals surface area contributed by atoms with E-state index in [0.29, 0.717) is 25.1 Å². The highest BCUT2D eigenvalue weighted by Crippen LogP contribution is 2.07. The van der Waals surface area contributed by atoms with Crippen molar-refractivity contribution in [1.82, 2.24) is 14.7 Å². The summed E-state index contributed by atoms with van der Waals surface area (Å²) >= 11 is 0. The maximum absolute atomic E-state index is 12.3. The number of nitrogens with zero attached hydrogens (tertiary/aromatic N) is 3. The molecule has 1 amide bonds. The van der Waals surface area contributed by atoms with Gasteiger partial charge in [-0.3, -0.25) is 14.3 Å². The Bertz CT molecular complexity index is 637. The maximum atomic E-state index is 12.3. The van der Waals surface area contributed by atoms with Crippen molar-refractivity contribution >= 4 is 11.9 Å². The minimum atomic E-state index is -1.02. The Kier molecular flexibility index (Phi) is 5.30. The molecule has 0 aliphatic rings. The third-order valence-electron chi connectivity index (χ3n) is 3.17. The first-order chi connectivity index (χ1) is 10.6. The van der Waals surface area contributed by atoms with Crippen molar-refractivity contribution in [2.75, 3.05) is 13.1 Å². The van der Waals surface area contributed by atoms with E-state index in [2.05, 4.69) is 5.10 Å². The predicted octanol–water partition coefficient (Wildman–Crippen LogP) is 1.87. The van der Waals surface area contributed by atoms with Crippen molar-refractivity contribution in [3.63, 3.8) is 0 Å². The average Bonchev–Trinajstić information content (AvgIpc) is 2.95. The summed E-state index contributed by atoms with van der Waals surface area (Å²) in [7, 11) is 0. The van der Waals surface area contributed by atoms with Crippen LogP contribution in [0.5, 0.6) is 0 Å². The Morgan fingerprint density at radius 1 is 1.27 bits per heavy atom. The van der Waals surface area contributed by atoms with Crippen LogP contribution in [0.15, 0.2) is 42.7 Å². The predicted molar refractivity (Wildman–Crippen MR) is 81.6 cm³/mol. The zero-order chi connectivity index (χ0) is 15.9. The number of aliphatic carboxylic acids is 1. The number of carbonyl (C=O) groups excluding carboxylic acids is 1. The molecule has 0 fully saturated rings. The number of rotatable bonds is 7. The Labute approximate surface area is 129 Å². The fourth-order valence-corrected chi connectivity index (χ4v) is 2.20. The zero-order valence-electron chi connectivity index (χ0n) is 12.5. The lowest BCUT2D eigenvalue weighted by atomic mass is 10.2. The van der Waals surface area contributed by atoms with Crippen molar-refractivity contribution in [1.29, 1.82) is 0 Å². The standard InChI is InChI=1S/C16H19N3O3/c1-2-8-18(12-15(20)21)16(22)14-9-17-19(11-14)10-13-6-4-3-5-7-13/h3-7,9,11H,2,8,10,12H2,1H3,(H,20,21). The first-order valence-electron chi connectivity index (χ1n) is 7.17. The Morgan fingerprint density at radius 2 is 2.00 bits per heavy atom. The quantitative estimate of drug-likeness (QED) is 0.847. The molecule has 0 saturated carbocycles. The molecule has 0 unspecified atom stereocenters. The van der Waals surface area contributed by atoms with E-state index >= 15 is 0 Å². The highest BCUT2D eigenvalue weighted by atomic mass is 16.4. The van der Waals surface area contributed by atoms with Gasteiger partial charge in [0.15, 0.2) is 0 Å². The summed E-state index contributed by atoms with van der Waals surface area (Å²) in [4.78, 5) is 24.5. The number of aromatic nitrogens is 2. The third-order valence-corrected chi connectivity index (χ3v) is 3.17. The topological polar surface area (TPSA) is 75.4 Å². The molecular weight excluding hydrogens is 282 g/mol. The summed E-state index contributed by atoms with van der Waals surface area (Å²) in [5.41, 5.74) is 1.49. The van der Waals surface area contributed by atoms with Gasteiger partial charge in [-0.25, -0.2) is 0 Å². The summed E-state index contributed by atoms with van der Waals surface area (Å²) in [6.07, 6.45) is 3.84. The molecule has 0 bridgehead atoms. The van der Waals surface area contributed by atoms with Gasteiger partial charge in [-0.1, -0.05) is 37.3 Å². The maximum Gasteiger partial charge on any atom is 0.323 e. The molecular formula is C16H19N3O3. The van der Waals surface area contributed by atoms with Crippen LogP contribution in [0.3, 0.4) is 0 Å². The van der Waals surface area contributed by atoms with Gasteiger partial charge in [0.2, 0.25) is 0 Å². The number of carbonyl (C=O) groups is 2. The van der Waals surface area contributed by atoms with Gasteiger partial charge in [0.25, 0.3) is 5.91 Å². The van der Waals surface area contributed by atoms with Gasteiger partial charge >= 0.3 is 5.97 Å². The molecule has 0 spiro atoms. The lowest BCUT2D eigenvalue weighted by Gasteiger charge is -2.18. The van der Waals surface area contributed by atoms with Crippen LogP contribution >= 0.6 is 0 Å². The van der Waals surface area contributed by atoms with Crippen molar-refractivity contribution in [3.8, 4) is 0 Å². The van der Waals surface area contributed by atoms with Gasteiger partial charge in [0.05, 0.1) is 18.3 Å². The highest BCUT2D eigenvalue weighted by Gasteiger charge is 2.19. The van der Waals surface area contributed by atoms with Crippen LogP contribution in [0.1, 0.15) is 29.3 Å². The SMILES string of the molecule is CCCN(CC(=O)O)C(=O)c1cnn(Cc2ccccc2)c1. The summed E-state index contributed by atoms with van der Waals surface area (Å²) in [5, 5.41) is 13.1. The monoisotopic (exact) mass is 301 g/mol. The molecule has 1 aromatic carbocycles. The van der Waals surface area contributed by atoms with Crippen LogP contribution in [-0.4, -0.2) is 44.8 Å². The van der Waals surface area contributed by atoms with Gasteiger partial charge in [0, 0.05) is 12.7 Å². The fraction of sp³-hybridized carbons (Fsp3) is 0.312. The molecule has 2 rings (SSSR count). The molecule has 1 heterocycles. The van der Waals surface area contributed by atoms with E-state index in [4.69, 9.17) is 5.11 Å². The molecule has 0 aliphatic heterocycles. The van der Waals surface area contributed by atoms with Crippen LogP contribution in [-0.2, 0) is 11.3 Å². The molecule has 0 saturated heterocycles. The molecule has 0 radical (unpaired) electrons. The third kappa shape index (κ3) is 4.18. The highest BCUT2D eigenvalue weighted by molar-refractivity contribution is 5.95. The molecule has 6 heteroatoms. The second kappa shape index (κ2) is 7.40. The molecule has 2 aromatic rings. The molecule has 1 aromatic heterocycles. The minimum Gasteiger partial charge on any atom is -0.480 e. The van der Waals surface area contributed by atoms with Crippen molar-refractivity contribution in [2.24, 2.45) is 0 Å². The van der Waals surface area contributed by atoms with E-state index in [-0.39, 0.29) is 12.5 Å². The summed E-state index contributed by atoms with van der Waals surface area (Å²) < 4.78 is 1.67. The normalized spacial score (nSPS) is 10.4. The Morgan fingerprint density at radius 3 is 2.64 bits per heavy atom. The van der Waals surface area contributed by atoms with E-state index in [1.807, 2.05) is 37.3 Å². The first kappa shape index (κ1) is 15.8. The molecule has 6 nitrogen and oxygen atoms in total. The number of carboxylic acid groups (broad SMARTS) is 1. The van der Waals surface area contributed by atoms with Gasteiger partial charge < -0.3 is 10.0 Å². The van der Waals surface area contributed by atoms with Gasteiger partial charge in [-0.15, -0.1) is 0 Å². The van der Waals surface area contributed by atoms with E-state index in [1.165, 1.54) is 11.1 Å². The lowest BCUT2D eigenvalue weighted by molar-refractivity contribution is -0.137. The van der Waals surface area contributed by atoms with E-state index < -0.39 is 5.97 Å². The van der Waals surface area contributed by atoms with E-state index in [1.54, 1.807) is 10.9 Å². The average molecular weight is 301 g/mol. The van der Waals surface area contributed by atoms with Gasteiger partial charge in [0.1, 0.15) is 6.54 Å². The van der Waals surface area contributed by atoms with Gasteiger partial charge in [-0.2, -0.15) is 5.10 Å². The molecule has 0 atom stereocenters. The number of benzene rings is 1. The van der Waals surface area contributed by atoms with Crippen molar-refractivity contribution in [2.45, 2.75) is 19.9 Å². The molecule has 22 heavy (non-hydrogen) atoms. The fourth-order valence-electron chi connectivity index (χ4n) is 2.20. The number of amides is 1. The second-order valence-electron chi connectivity index (χ2n) is 5.03. The Hall–Kier alpha value is -2.63. The molecule has 1 N–H and O–H groups in total. The summed E-state index contributed by atoms with van der Waals surface area (Å²) in [6, 6.07) is 9.80. The summed E-state index contributed by atoms with van der Waals surface area (Å²) in [6.45, 7) is 2.59. The van der Waals surface area contributed by atoms with E-state index in [9.17, 15) is 9.59 Å².